The molecule has 9 heteroatoms. The van der Waals surface area contributed by atoms with Crippen molar-refractivity contribution < 1.29 is 4.92 Å². The van der Waals surface area contributed by atoms with Gasteiger partial charge in [-0.2, -0.15) is 5.10 Å². The third kappa shape index (κ3) is 2.38. The summed E-state index contributed by atoms with van der Waals surface area (Å²) in [5, 5.41) is 21.6. The number of hydrogen-bond acceptors (Lipinski definition) is 6. The summed E-state index contributed by atoms with van der Waals surface area (Å²) >= 11 is 0. The van der Waals surface area contributed by atoms with Crippen molar-refractivity contribution in [3.8, 4) is 0 Å². The first-order chi connectivity index (χ1) is 8.06. The lowest BCUT2D eigenvalue weighted by molar-refractivity contribution is -0.384. The highest BCUT2D eigenvalue weighted by atomic mass is 16.6. The first kappa shape index (κ1) is 11.0. The minimum absolute atomic E-state index is 0.0663. The van der Waals surface area contributed by atoms with Crippen LogP contribution in [0.15, 0.2) is 12.5 Å². The van der Waals surface area contributed by atoms with Crippen LogP contribution < -0.4 is 5.32 Å². The second kappa shape index (κ2) is 4.20. The third-order valence-corrected chi connectivity index (χ3v) is 2.07. The largest absolute Gasteiger partial charge is 0.355 e. The monoisotopic (exact) mass is 237 g/mol. The standard InChI is InChI=1S/C8H11N7O2/c1-13-4-6(15(16)17)8(12-13)9-3-7-10-5-14(2)11-7/h4-5H,3H2,1-2H3,(H,9,12). The minimum atomic E-state index is -0.485. The molecule has 2 heterocycles. The molecule has 9 nitrogen and oxygen atoms in total. The summed E-state index contributed by atoms with van der Waals surface area (Å²) in [4.78, 5) is 14.2. The predicted molar refractivity (Wildman–Crippen MR) is 58.2 cm³/mol. The van der Waals surface area contributed by atoms with Crippen molar-refractivity contribution in [1.29, 1.82) is 0 Å². The van der Waals surface area contributed by atoms with Crippen molar-refractivity contribution in [3.05, 3.63) is 28.5 Å². The van der Waals surface area contributed by atoms with Crippen molar-refractivity contribution in [2.45, 2.75) is 6.54 Å². The zero-order valence-electron chi connectivity index (χ0n) is 9.36. The fourth-order valence-electron chi connectivity index (χ4n) is 1.36. The van der Waals surface area contributed by atoms with E-state index in [0.29, 0.717) is 12.4 Å². The zero-order valence-corrected chi connectivity index (χ0v) is 9.36. The normalized spacial score (nSPS) is 10.5. The van der Waals surface area contributed by atoms with E-state index in [1.54, 1.807) is 25.1 Å². The molecule has 2 aromatic heterocycles. The Morgan fingerprint density at radius 1 is 1.41 bits per heavy atom. The van der Waals surface area contributed by atoms with Crippen LogP contribution in [0.2, 0.25) is 0 Å². The molecule has 0 atom stereocenters. The van der Waals surface area contributed by atoms with Gasteiger partial charge in [-0.3, -0.25) is 19.5 Å². The van der Waals surface area contributed by atoms with Crippen LogP contribution in [0.1, 0.15) is 5.82 Å². The van der Waals surface area contributed by atoms with Crippen LogP contribution in [0, 0.1) is 10.1 Å². The molecule has 0 saturated heterocycles. The highest BCUT2D eigenvalue weighted by Crippen LogP contribution is 2.21. The van der Waals surface area contributed by atoms with Gasteiger partial charge in [0.1, 0.15) is 12.5 Å². The van der Waals surface area contributed by atoms with E-state index in [-0.39, 0.29) is 11.5 Å². The summed E-state index contributed by atoms with van der Waals surface area (Å²) in [5.74, 6) is 0.761. The maximum absolute atomic E-state index is 10.7. The Bertz CT molecular complexity index is 544. The molecule has 0 radical (unpaired) electrons. The molecule has 90 valence electrons. The van der Waals surface area contributed by atoms with Gasteiger partial charge in [-0.05, 0) is 0 Å². The number of hydrogen-bond donors (Lipinski definition) is 1. The number of rotatable bonds is 4. The van der Waals surface area contributed by atoms with Crippen molar-refractivity contribution in [2.24, 2.45) is 14.1 Å². The van der Waals surface area contributed by atoms with Crippen LogP contribution >= 0.6 is 0 Å². The molecular formula is C8H11N7O2. The second-order valence-corrected chi connectivity index (χ2v) is 3.48. The van der Waals surface area contributed by atoms with Gasteiger partial charge in [-0.15, -0.1) is 5.10 Å². The lowest BCUT2D eigenvalue weighted by Gasteiger charge is -1.98. The SMILES string of the molecule is Cn1cnc(CNc2nn(C)cc2[N+](=O)[O-])n1. The van der Waals surface area contributed by atoms with Crippen LogP contribution in [0.5, 0.6) is 0 Å². The molecular weight excluding hydrogens is 226 g/mol. The number of nitrogens with one attached hydrogen (secondary N) is 1. The summed E-state index contributed by atoms with van der Waals surface area (Å²) in [7, 11) is 3.37. The quantitative estimate of drug-likeness (QED) is 0.596. The molecule has 0 amide bonds. The third-order valence-electron chi connectivity index (χ3n) is 2.07. The Kier molecular flexibility index (Phi) is 2.73. The summed E-state index contributed by atoms with van der Waals surface area (Å²) < 4.78 is 2.94. The van der Waals surface area contributed by atoms with Gasteiger partial charge in [0, 0.05) is 14.1 Å². The number of anilines is 1. The molecule has 0 saturated carbocycles. The van der Waals surface area contributed by atoms with Crippen LogP contribution in [-0.4, -0.2) is 29.5 Å². The van der Waals surface area contributed by atoms with E-state index in [9.17, 15) is 10.1 Å². The summed E-state index contributed by atoms with van der Waals surface area (Å²) in [5.41, 5.74) is -0.0663. The van der Waals surface area contributed by atoms with E-state index in [0.717, 1.165) is 0 Å². The average molecular weight is 237 g/mol. The van der Waals surface area contributed by atoms with Crippen molar-refractivity contribution in [1.82, 2.24) is 24.5 Å². The summed E-state index contributed by atoms with van der Waals surface area (Å²) in [6, 6.07) is 0. The number of nitro groups is 1. The minimum Gasteiger partial charge on any atom is -0.355 e. The van der Waals surface area contributed by atoms with Crippen LogP contribution in [0.25, 0.3) is 0 Å². The Hall–Kier alpha value is -2.45. The lowest BCUT2D eigenvalue weighted by Crippen LogP contribution is -2.04. The average Bonchev–Trinajstić information content (AvgIpc) is 2.82. The maximum atomic E-state index is 10.7. The molecule has 0 aromatic carbocycles. The molecule has 0 spiro atoms. The van der Waals surface area contributed by atoms with Crippen LogP contribution in [0.4, 0.5) is 11.5 Å². The fraction of sp³-hybridized carbons (Fsp3) is 0.375. The van der Waals surface area contributed by atoms with Gasteiger partial charge in [0.25, 0.3) is 0 Å². The molecule has 17 heavy (non-hydrogen) atoms. The van der Waals surface area contributed by atoms with E-state index in [1.807, 2.05) is 0 Å². The summed E-state index contributed by atoms with van der Waals surface area (Å²) in [6.45, 7) is 0.290. The van der Waals surface area contributed by atoms with Gasteiger partial charge in [0.05, 0.1) is 11.5 Å². The predicted octanol–water partition coefficient (Wildman–Crippen LogP) is 0.0689. The highest BCUT2D eigenvalue weighted by Gasteiger charge is 2.18. The van der Waals surface area contributed by atoms with Gasteiger partial charge >= 0.3 is 5.69 Å². The topological polar surface area (TPSA) is 104 Å². The van der Waals surface area contributed by atoms with Crippen LogP contribution in [-0.2, 0) is 20.6 Å². The van der Waals surface area contributed by atoms with Crippen molar-refractivity contribution >= 4 is 11.5 Å². The van der Waals surface area contributed by atoms with Gasteiger partial charge in [0.15, 0.2) is 5.82 Å². The molecule has 0 aliphatic heterocycles. The Balaban J connectivity index is 2.11. The number of nitrogens with zero attached hydrogens (tertiary/aromatic N) is 6. The van der Waals surface area contributed by atoms with Gasteiger partial charge < -0.3 is 5.32 Å². The first-order valence-corrected chi connectivity index (χ1v) is 4.82. The lowest BCUT2D eigenvalue weighted by atomic mass is 10.5. The molecule has 0 fully saturated rings. The molecule has 0 aliphatic carbocycles. The first-order valence-electron chi connectivity index (χ1n) is 4.82. The second-order valence-electron chi connectivity index (χ2n) is 3.48. The van der Waals surface area contributed by atoms with Crippen molar-refractivity contribution in [2.75, 3.05) is 5.32 Å². The van der Waals surface area contributed by atoms with Crippen molar-refractivity contribution in [3.63, 3.8) is 0 Å². The van der Waals surface area contributed by atoms with E-state index in [4.69, 9.17) is 0 Å². The highest BCUT2D eigenvalue weighted by molar-refractivity contribution is 5.54. The van der Waals surface area contributed by atoms with E-state index < -0.39 is 4.92 Å². The van der Waals surface area contributed by atoms with Gasteiger partial charge in [-0.25, -0.2) is 4.98 Å². The van der Waals surface area contributed by atoms with E-state index in [2.05, 4.69) is 20.5 Å². The Labute approximate surface area is 96.2 Å². The van der Waals surface area contributed by atoms with E-state index >= 15 is 0 Å². The van der Waals surface area contributed by atoms with E-state index in [1.165, 1.54) is 10.9 Å². The Morgan fingerprint density at radius 2 is 2.18 bits per heavy atom. The van der Waals surface area contributed by atoms with Gasteiger partial charge in [-0.1, -0.05) is 0 Å². The molecule has 0 bridgehead atoms. The zero-order chi connectivity index (χ0) is 12.4. The molecule has 2 rings (SSSR count). The molecule has 0 aliphatic rings. The summed E-state index contributed by atoms with van der Waals surface area (Å²) in [6.07, 6.45) is 2.90. The number of aryl methyl sites for hydroxylation is 2. The fourth-order valence-corrected chi connectivity index (χ4v) is 1.36. The Morgan fingerprint density at radius 3 is 2.76 bits per heavy atom. The smallest absolute Gasteiger partial charge is 0.330 e. The molecule has 1 N–H and O–H groups in total. The molecule has 2 aromatic rings. The number of aromatic nitrogens is 5. The molecule has 0 unspecified atom stereocenters. The van der Waals surface area contributed by atoms with Gasteiger partial charge in [0.2, 0.25) is 5.82 Å². The maximum Gasteiger partial charge on any atom is 0.330 e. The van der Waals surface area contributed by atoms with Crippen LogP contribution in [0.3, 0.4) is 0 Å².